The minimum atomic E-state index is -0.0314. The number of aromatic nitrogens is 2. The SMILES string of the molecule is Cc1cccc2c(=O)[nH]c(CSC3CCC(CN)CC3)nc12. The molecule has 1 aromatic carbocycles. The molecule has 3 N–H and O–H groups in total. The summed E-state index contributed by atoms with van der Waals surface area (Å²) in [6, 6.07) is 5.73. The van der Waals surface area contributed by atoms with E-state index in [4.69, 9.17) is 5.73 Å². The van der Waals surface area contributed by atoms with E-state index in [-0.39, 0.29) is 5.56 Å². The van der Waals surface area contributed by atoms with E-state index < -0.39 is 0 Å². The van der Waals surface area contributed by atoms with Crippen LogP contribution in [-0.4, -0.2) is 21.8 Å². The first-order valence-corrected chi connectivity index (χ1v) is 9.02. The fourth-order valence-corrected chi connectivity index (χ4v) is 4.29. The van der Waals surface area contributed by atoms with Crippen LogP contribution >= 0.6 is 11.8 Å². The summed E-state index contributed by atoms with van der Waals surface area (Å²) in [4.78, 5) is 19.8. The molecule has 0 atom stereocenters. The van der Waals surface area contributed by atoms with E-state index in [9.17, 15) is 4.79 Å². The molecule has 1 heterocycles. The Bertz CT molecular complexity index is 705. The maximum Gasteiger partial charge on any atom is 0.258 e. The molecular formula is C17H23N3OS. The average Bonchev–Trinajstić information content (AvgIpc) is 2.54. The van der Waals surface area contributed by atoms with Crippen molar-refractivity contribution in [3.05, 3.63) is 39.9 Å². The molecule has 1 saturated carbocycles. The Labute approximate surface area is 134 Å². The largest absolute Gasteiger partial charge is 0.330 e. The van der Waals surface area contributed by atoms with Gasteiger partial charge >= 0.3 is 0 Å². The first-order valence-electron chi connectivity index (χ1n) is 7.97. The molecule has 2 aromatic rings. The zero-order valence-electron chi connectivity index (χ0n) is 13.0. The van der Waals surface area contributed by atoms with Gasteiger partial charge in [0.1, 0.15) is 5.82 Å². The van der Waals surface area contributed by atoms with Gasteiger partial charge in [-0.25, -0.2) is 4.98 Å². The Morgan fingerprint density at radius 3 is 2.82 bits per heavy atom. The molecule has 3 rings (SSSR count). The highest BCUT2D eigenvalue weighted by Crippen LogP contribution is 2.32. The molecule has 0 unspecified atom stereocenters. The molecule has 0 radical (unpaired) electrons. The monoisotopic (exact) mass is 317 g/mol. The minimum Gasteiger partial charge on any atom is -0.330 e. The summed E-state index contributed by atoms with van der Waals surface area (Å²) in [5.41, 5.74) is 7.59. The van der Waals surface area contributed by atoms with Crippen molar-refractivity contribution in [1.29, 1.82) is 0 Å². The first kappa shape index (κ1) is 15.6. The van der Waals surface area contributed by atoms with Gasteiger partial charge in [0.05, 0.1) is 16.7 Å². The van der Waals surface area contributed by atoms with Gasteiger partial charge in [-0.15, -0.1) is 0 Å². The van der Waals surface area contributed by atoms with Crippen LogP contribution in [0.15, 0.2) is 23.0 Å². The molecule has 5 heteroatoms. The predicted octanol–water partition coefficient (Wildman–Crippen LogP) is 2.98. The number of nitrogens with zero attached hydrogens (tertiary/aromatic N) is 1. The number of thioether (sulfide) groups is 1. The highest BCUT2D eigenvalue weighted by molar-refractivity contribution is 7.99. The average molecular weight is 317 g/mol. The van der Waals surface area contributed by atoms with E-state index in [0.29, 0.717) is 16.6 Å². The fourth-order valence-electron chi connectivity index (χ4n) is 3.15. The molecule has 0 spiro atoms. The normalized spacial score (nSPS) is 22.1. The summed E-state index contributed by atoms with van der Waals surface area (Å²) in [5.74, 6) is 2.27. The molecule has 1 fully saturated rings. The molecule has 0 saturated heterocycles. The van der Waals surface area contributed by atoms with Crippen LogP contribution in [0.25, 0.3) is 10.9 Å². The van der Waals surface area contributed by atoms with Crippen LogP contribution in [0.5, 0.6) is 0 Å². The molecule has 22 heavy (non-hydrogen) atoms. The second kappa shape index (κ2) is 6.84. The van der Waals surface area contributed by atoms with Crippen molar-refractivity contribution in [2.24, 2.45) is 11.7 Å². The van der Waals surface area contributed by atoms with E-state index in [1.165, 1.54) is 25.7 Å². The Balaban J connectivity index is 1.70. The quantitative estimate of drug-likeness (QED) is 0.909. The van der Waals surface area contributed by atoms with Crippen LogP contribution in [-0.2, 0) is 5.75 Å². The third-order valence-corrected chi connectivity index (χ3v) is 5.95. The van der Waals surface area contributed by atoms with E-state index >= 15 is 0 Å². The maximum atomic E-state index is 12.2. The van der Waals surface area contributed by atoms with Crippen LogP contribution in [0.1, 0.15) is 37.1 Å². The minimum absolute atomic E-state index is 0.0314. The number of H-pyrrole nitrogens is 1. The van der Waals surface area contributed by atoms with Gasteiger partial charge in [-0.2, -0.15) is 11.8 Å². The van der Waals surface area contributed by atoms with Crippen molar-refractivity contribution in [2.75, 3.05) is 6.54 Å². The lowest BCUT2D eigenvalue weighted by atomic mass is 9.89. The van der Waals surface area contributed by atoms with Crippen molar-refractivity contribution >= 4 is 22.7 Å². The Morgan fingerprint density at radius 1 is 1.32 bits per heavy atom. The molecule has 1 aliphatic rings. The second-order valence-corrected chi connectivity index (χ2v) is 7.46. The number of rotatable bonds is 4. The molecule has 1 aliphatic carbocycles. The smallest absolute Gasteiger partial charge is 0.258 e. The summed E-state index contributed by atoms with van der Waals surface area (Å²) in [6.45, 7) is 2.82. The van der Waals surface area contributed by atoms with Crippen LogP contribution in [0.3, 0.4) is 0 Å². The summed E-state index contributed by atoms with van der Waals surface area (Å²) in [7, 11) is 0. The summed E-state index contributed by atoms with van der Waals surface area (Å²) in [5, 5.41) is 1.35. The van der Waals surface area contributed by atoms with Gasteiger partial charge in [-0.05, 0) is 56.7 Å². The predicted molar refractivity (Wildman–Crippen MR) is 93.2 cm³/mol. The summed E-state index contributed by atoms with van der Waals surface area (Å²) < 4.78 is 0. The number of aromatic amines is 1. The van der Waals surface area contributed by atoms with Crippen LogP contribution < -0.4 is 11.3 Å². The highest BCUT2D eigenvalue weighted by Gasteiger charge is 2.20. The number of fused-ring (bicyclic) bond motifs is 1. The van der Waals surface area contributed by atoms with Crippen LogP contribution in [0.4, 0.5) is 0 Å². The molecule has 4 nitrogen and oxygen atoms in total. The topological polar surface area (TPSA) is 71.8 Å². The van der Waals surface area contributed by atoms with Gasteiger partial charge in [0, 0.05) is 5.25 Å². The van der Waals surface area contributed by atoms with Crippen molar-refractivity contribution in [1.82, 2.24) is 9.97 Å². The van der Waals surface area contributed by atoms with Crippen molar-refractivity contribution in [2.45, 2.75) is 43.6 Å². The van der Waals surface area contributed by atoms with Crippen LogP contribution in [0, 0.1) is 12.8 Å². The lowest BCUT2D eigenvalue weighted by molar-refractivity contribution is 0.373. The number of aryl methyl sites for hydroxylation is 1. The third kappa shape index (κ3) is 3.36. The van der Waals surface area contributed by atoms with Gasteiger partial charge in [-0.1, -0.05) is 12.1 Å². The third-order valence-electron chi connectivity index (χ3n) is 4.57. The Kier molecular flexibility index (Phi) is 4.84. The van der Waals surface area contributed by atoms with E-state index in [1.54, 1.807) is 0 Å². The summed E-state index contributed by atoms with van der Waals surface area (Å²) >= 11 is 1.91. The number of hydrogen-bond donors (Lipinski definition) is 2. The van der Waals surface area contributed by atoms with Gasteiger partial charge in [-0.3, -0.25) is 4.79 Å². The molecule has 0 amide bonds. The number of nitrogens with two attached hydrogens (primary N) is 1. The zero-order valence-corrected chi connectivity index (χ0v) is 13.8. The number of hydrogen-bond acceptors (Lipinski definition) is 4. The summed E-state index contributed by atoms with van der Waals surface area (Å²) in [6.07, 6.45) is 4.91. The Hall–Kier alpha value is -1.33. The lowest BCUT2D eigenvalue weighted by Crippen LogP contribution is -2.22. The van der Waals surface area contributed by atoms with E-state index in [2.05, 4.69) is 9.97 Å². The molecule has 118 valence electrons. The number of benzene rings is 1. The molecule has 1 aromatic heterocycles. The number of nitrogens with one attached hydrogen (secondary N) is 1. The van der Waals surface area contributed by atoms with Crippen molar-refractivity contribution in [3.63, 3.8) is 0 Å². The van der Waals surface area contributed by atoms with Crippen molar-refractivity contribution < 1.29 is 0 Å². The van der Waals surface area contributed by atoms with Crippen LogP contribution in [0.2, 0.25) is 0 Å². The van der Waals surface area contributed by atoms with Crippen molar-refractivity contribution in [3.8, 4) is 0 Å². The van der Waals surface area contributed by atoms with E-state index in [1.807, 2.05) is 36.9 Å². The van der Waals surface area contributed by atoms with Gasteiger partial charge in [0.15, 0.2) is 0 Å². The fraction of sp³-hybridized carbons (Fsp3) is 0.529. The maximum absolute atomic E-state index is 12.2. The van der Waals surface area contributed by atoms with Gasteiger partial charge in [0.2, 0.25) is 0 Å². The Morgan fingerprint density at radius 2 is 2.09 bits per heavy atom. The second-order valence-electron chi connectivity index (χ2n) is 6.17. The van der Waals surface area contributed by atoms with Gasteiger partial charge in [0.25, 0.3) is 5.56 Å². The first-order chi connectivity index (χ1) is 10.7. The standard InChI is InChI=1S/C17H23N3OS/c1-11-3-2-4-14-16(11)19-15(20-17(14)21)10-22-13-7-5-12(9-18)6-8-13/h2-4,12-13H,5-10,18H2,1H3,(H,19,20,21). The molecule has 0 aliphatic heterocycles. The lowest BCUT2D eigenvalue weighted by Gasteiger charge is -2.27. The number of para-hydroxylation sites is 1. The zero-order chi connectivity index (χ0) is 15.5. The van der Waals surface area contributed by atoms with Gasteiger partial charge < -0.3 is 10.7 Å². The molecule has 0 bridgehead atoms. The molecular weight excluding hydrogens is 294 g/mol. The van der Waals surface area contributed by atoms with E-state index in [0.717, 1.165) is 29.2 Å². The highest BCUT2D eigenvalue weighted by atomic mass is 32.2.